The van der Waals surface area contributed by atoms with Gasteiger partial charge in [-0.3, -0.25) is 19.4 Å². The van der Waals surface area contributed by atoms with E-state index in [2.05, 4.69) is 20.9 Å². The van der Waals surface area contributed by atoms with Gasteiger partial charge in [0.1, 0.15) is 6.04 Å². The molecule has 228 valence electrons. The number of pyridine rings is 1. The second-order valence-corrected chi connectivity index (χ2v) is 10.7. The molecule has 10 nitrogen and oxygen atoms in total. The number of hydrogen-bond donors (Lipinski definition) is 3. The number of rotatable bonds is 11. The number of carbonyl (C=O) groups excluding carboxylic acids is 2. The molecular weight excluding hydrogens is 548 g/mol. The van der Waals surface area contributed by atoms with Crippen molar-refractivity contribution in [3.05, 3.63) is 75.7 Å². The lowest BCUT2D eigenvalue weighted by atomic mass is 9.95. The molecule has 1 heterocycles. The summed E-state index contributed by atoms with van der Waals surface area (Å²) >= 11 is 0. The Bertz CT molecular complexity index is 1530. The minimum absolute atomic E-state index is 0.0682. The fourth-order valence-corrected chi connectivity index (χ4v) is 5.50. The number of hydrogen-bond acceptors (Lipinski definition) is 8. The normalized spacial score (nSPS) is 15.1. The highest BCUT2D eigenvalue weighted by molar-refractivity contribution is 5.86. The van der Waals surface area contributed by atoms with Gasteiger partial charge in [0.05, 0.1) is 33.1 Å². The van der Waals surface area contributed by atoms with E-state index in [1.165, 1.54) is 6.92 Å². The van der Waals surface area contributed by atoms with Crippen LogP contribution in [0.5, 0.6) is 17.2 Å². The maximum absolute atomic E-state index is 13.8. The summed E-state index contributed by atoms with van der Waals surface area (Å²) in [6.07, 6.45) is 5.25. The van der Waals surface area contributed by atoms with Gasteiger partial charge in [0, 0.05) is 31.4 Å². The van der Waals surface area contributed by atoms with Crippen molar-refractivity contribution < 1.29 is 23.8 Å². The predicted octanol–water partition coefficient (Wildman–Crippen LogP) is 4.40. The molecule has 3 aromatic rings. The monoisotopic (exact) mass is 588 g/mol. The summed E-state index contributed by atoms with van der Waals surface area (Å²) in [5.74, 6) is 0.942. The first-order valence-corrected chi connectivity index (χ1v) is 14.4. The molecule has 0 radical (unpaired) electrons. The van der Waals surface area contributed by atoms with Crippen LogP contribution in [-0.2, 0) is 22.6 Å². The Morgan fingerprint density at radius 3 is 2.47 bits per heavy atom. The molecule has 10 heteroatoms. The summed E-state index contributed by atoms with van der Waals surface area (Å²) in [7, 11) is 4.67. The second-order valence-electron chi connectivity index (χ2n) is 10.7. The third-order valence-corrected chi connectivity index (χ3v) is 7.91. The Morgan fingerprint density at radius 1 is 1.07 bits per heavy atom. The van der Waals surface area contributed by atoms with Crippen LogP contribution in [0.1, 0.15) is 56.3 Å². The van der Waals surface area contributed by atoms with E-state index in [-0.39, 0.29) is 28.8 Å². The molecule has 3 atom stereocenters. The molecule has 0 bridgehead atoms. The van der Waals surface area contributed by atoms with E-state index in [4.69, 9.17) is 14.2 Å². The Morgan fingerprint density at radius 2 is 1.84 bits per heavy atom. The number of ether oxygens (including phenoxy) is 3. The van der Waals surface area contributed by atoms with Crippen LogP contribution < -0.4 is 35.6 Å². The van der Waals surface area contributed by atoms with Crippen molar-refractivity contribution in [1.29, 1.82) is 0 Å². The van der Waals surface area contributed by atoms with Crippen LogP contribution in [0.15, 0.2) is 53.6 Å². The number of aromatic nitrogens is 1. The zero-order valence-corrected chi connectivity index (χ0v) is 25.6. The summed E-state index contributed by atoms with van der Waals surface area (Å²) in [6.45, 7) is 5.75. The molecule has 0 saturated heterocycles. The molecule has 2 amide bonds. The molecule has 43 heavy (non-hydrogen) atoms. The van der Waals surface area contributed by atoms with Gasteiger partial charge in [-0.15, -0.1) is 0 Å². The fraction of sp³-hybridized carbons (Fsp3) is 0.394. The summed E-state index contributed by atoms with van der Waals surface area (Å²) in [5, 5.41) is 9.23. The smallest absolute Gasteiger partial charge is 0.243 e. The van der Waals surface area contributed by atoms with Gasteiger partial charge in [-0.25, -0.2) is 0 Å². The molecule has 0 unspecified atom stereocenters. The van der Waals surface area contributed by atoms with Crippen molar-refractivity contribution in [2.45, 2.75) is 58.7 Å². The SMILES string of the molecule is CC[C@@H](C)[C@H](Nc1ccc2c(cc1=O)[C@@H](NC(C)=O)CCc1cc(OC)c(OC)c(OC)c1-2)C(=O)NCc1cccnc1. The molecule has 1 aliphatic rings. The number of fused-ring (bicyclic) bond motifs is 3. The molecule has 4 rings (SSSR count). The van der Waals surface area contributed by atoms with Gasteiger partial charge in [-0.1, -0.05) is 32.4 Å². The van der Waals surface area contributed by atoms with Gasteiger partial charge in [-0.05, 0) is 65.3 Å². The zero-order valence-electron chi connectivity index (χ0n) is 25.6. The lowest BCUT2D eigenvalue weighted by molar-refractivity contribution is -0.123. The lowest BCUT2D eigenvalue weighted by Crippen LogP contribution is -2.44. The van der Waals surface area contributed by atoms with E-state index < -0.39 is 12.1 Å². The maximum Gasteiger partial charge on any atom is 0.243 e. The van der Waals surface area contributed by atoms with Crippen LogP contribution in [0, 0.1) is 5.92 Å². The van der Waals surface area contributed by atoms with E-state index in [0.717, 1.165) is 28.7 Å². The first-order chi connectivity index (χ1) is 20.7. The van der Waals surface area contributed by atoms with Crippen molar-refractivity contribution in [3.63, 3.8) is 0 Å². The number of nitrogens with zero attached hydrogens (tertiary/aromatic N) is 1. The highest BCUT2D eigenvalue weighted by atomic mass is 16.5. The number of anilines is 1. The Kier molecular flexibility index (Phi) is 10.2. The zero-order chi connectivity index (χ0) is 31.1. The molecule has 0 fully saturated rings. The summed E-state index contributed by atoms with van der Waals surface area (Å²) in [5.41, 5.74) is 3.92. The molecule has 3 N–H and O–H groups in total. The number of amides is 2. The third kappa shape index (κ3) is 6.90. The van der Waals surface area contributed by atoms with Crippen molar-refractivity contribution >= 4 is 17.5 Å². The first kappa shape index (κ1) is 31.3. The van der Waals surface area contributed by atoms with Gasteiger partial charge in [0.2, 0.25) is 23.0 Å². The highest BCUT2D eigenvalue weighted by Crippen LogP contribution is 2.50. The average molecular weight is 589 g/mol. The second kappa shape index (κ2) is 14.0. The lowest BCUT2D eigenvalue weighted by Gasteiger charge is -2.24. The average Bonchev–Trinajstić information content (AvgIpc) is 3.25. The summed E-state index contributed by atoms with van der Waals surface area (Å²) < 4.78 is 17.1. The van der Waals surface area contributed by atoms with E-state index in [1.807, 2.05) is 38.1 Å². The van der Waals surface area contributed by atoms with Crippen LogP contribution in [0.25, 0.3) is 11.1 Å². The van der Waals surface area contributed by atoms with Crippen molar-refractivity contribution in [3.8, 4) is 28.4 Å². The van der Waals surface area contributed by atoms with E-state index in [0.29, 0.717) is 42.2 Å². The molecule has 0 aliphatic heterocycles. The van der Waals surface area contributed by atoms with Crippen LogP contribution in [-0.4, -0.2) is 44.2 Å². The molecule has 2 aromatic carbocycles. The van der Waals surface area contributed by atoms with Gasteiger partial charge in [0.15, 0.2) is 11.5 Å². The summed E-state index contributed by atoms with van der Waals surface area (Å²) in [4.78, 5) is 43.5. The van der Waals surface area contributed by atoms with Crippen LogP contribution in [0.2, 0.25) is 0 Å². The molecule has 0 spiro atoms. The van der Waals surface area contributed by atoms with Gasteiger partial charge in [-0.2, -0.15) is 0 Å². The Hall–Kier alpha value is -4.60. The minimum atomic E-state index is -0.658. The quantitative estimate of drug-likeness (QED) is 0.301. The van der Waals surface area contributed by atoms with Gasteiger partial charge in [0.25, 0.3) is 0 Å². The standard InChI is InChI=1S/C33H40N4O6/c1-7-19(2)30(33(40)35-18-21-9-8-14-34-17-21)37-26-13-11-23-24(16-27(26)39)25(36-20(3)38)12-10-22-15-28(41-4)31(42-5)32(43-6)29(22)23/h8-9,11,13-17,19,25,30H,7,10,12,18H2,1-6H3,(H,35,40)(H,36,38)(H,37,39)/t19-,25+,30+/m1/s1. The number of methoxy groups -OCH3 is 3. The number of aryl methyl sites for hydroxylation is 1. The van der Waals surface area contributed by atoms with Crippen LogP contribution in [0.4, 0.5) is 5.69 Å². The fourth-order valence-electron chi connectivity index (χ4n) is 5.50. The molecule has 1 aromatic heterocycles. The largest absolute Gasteiger partial charge is 0.493 e. The highest BCUT2D eigenvalue weighted by Gasteiger charge is 2.30. The maximum atomic E-state index is 13.8. The Labute approximate surface area is 252 Å². The predicted molar refractivity (Wildman–Crippen MR) is 166 cm³/mol. The van der Waals surface area contributed by atoms with Crippen molar-refractivity contribution in [2.24, 2.45) is 5.92 Å². The third-order valence-electron chi connectivity index (χ3n) is 7.91. The van der Waals surface area contributed by atoms with E-state index in [1.54, 1.807) is 45.9 Å². The number of nitrogens with one attached hydrogen (secondary N) is 3. The first-order valence-electron chi connectivity index (χ1n) is 14.4. The van der Waals surface area contributed by atoms with E-state index >= 15 is 0 Å². The van der Waals surface area contributed by atoms with Crippen LogP contribution in [0.3, 0.4) is 0 Å². The molecular formula is C33H40N4O6. The van der Waals surface area contributed by atoms with Crippen molar-refractivity contribution in [2.75, 3.05) is 26.6 Å². The topological polar surface area (TPSA) is 128 Å². The molecule has 1 aliphatic carbocycles. The van der Waals surface area contributed by atoms with Gasteiger partial charge < -0.3 is 30.2 Å². The number of carbonyl (C=O) groups is 2. The summed E-state index contributed by atoms with van der Waals surface area (Å²) in [6, 6.07) is 9.61. The van der Waals surface area contributed by atoms with Crippen molar-refractivity contribution in [1.82, 2.24) is 15.6 Å². The minimum Gasteiger partial charge on any atom is -0.493 e. The Balaban J connectivity index is 1.82. The number of benzene rings is 1. The van der Waals surface area contributed by atoms with Gasteiger partial charge >= 0.3 is 0 Å². The molecule has 0 saturated carbocycles. The van der Waals surface area contributed by atoms with Crippen LogP contribution >= 0.6 is 0 Å². The van der Waals surface area contributed by atoms with E-state index in [9.17, 15) is 14.4 Å².